The van der Waals surface area contributed by atoms with Crippen molar-refractivity contribution < 1.29 is 42.6 Å². The van der Waals surface area contributed by atoms with E-state index in [2.05, 4.69) is 0 Å². The number of phosphoric ester groups is 1. The van der Waals surface area contributed by atoms with E-state index < -0.39 is 19.9 Å². The Hall–Kier alpha value is -4.64. The number of phosphoric acid groups is 1. The van der Waals surface area contributed by atoms with Crippen molar-refractivity contribution in [3.8, 4) is 0 Å². The lowest BCUT2D eigenvalue weighted by Crippen LogP contribution is -2.15. The normalized spacial score (nSPS) is 14.3. The predicted molar refractivity (Wildman–Crippen MR) is 172 cm³/mol. The average Bonchev–Trinajstić information content (AvgIpc) is 3.37. The first-order chi connectivity index (χ1) is 22.2. The molecule has 5 rings (SSSR count). The number of rotatable bonds is 14. The molecule has 0 aliphatic carbocycles. The third-order valence-electron chi connectivity index (χ3n) is 6.55. The monoisotopic (exact) mass is 648 g/mol. The Bertz CT molecular complexity index is 1550. The molecule has 46 heavy (non-hydrogen) atoms. The van der Waals surface area contributed by atoms with Gasteiger partial charge in [0.1, 0.15) is 13.2 Å². The van der Waals surface area contributed by atoms with Gasteiger partial charge in [-0.15, -0.1) is 0 Å². The molecule has 6 N–H and O–H groups in total. The molecule has 242 valence electrons. The van der Waals surface area contributed by atoms with E-state index in [9.17, 15) is 19.4 Å². The molecule has 1 aliphatic rings. The van der Waals surface area contributed by atoms with Gasteiger partial charge in [-0.25, -0.2) is 9.36 Å². The van der Waals surface area contributed by atoms with Crippen molar-refractivity contribution in [1.29, 1.82) is 0 Å². The van der Waals surface area contributed by atoms with E-state index in [1.165, 1.54) is 0 Å². The Balaban J connectivity index is 0.000000222. The first kappa shape index (κ1) is 34.2. The molecule has 0 spiro atoms. The van der Waals surface area contributed by atoms with Crippen molar-refractivity contribution >= 4 is 25.2 Å². The van der Waals surface area contributed by atoms with Crippen LogP contribution in [0.4, 0.5) is 11.4 Å². The van der Waals surface area contributed by atoms with Crippen LogP contribution in [0, 0.1) is 0 Å². The summed E-state index contributed by atoms with van der Waals surface area (Å²) >= 11 is 0. The topological polar surface area (TPSA) is 173 Å². The van der Waals surface area contributed by atoms with E-state index >= 15 is 0 Å². The van der Waals surface area contributed by atoms with Gasteiger partial charge in [-0.2, -0.15) is 0 Å². The van der Waals surface area contributed by atoms with Gasteiger partial charge in [0.2, 0.25) is 5.76 Å². The fourth-order valence-electron chi connectivity index (χ4n) is 4.12. The van der Waals surface area contributed by atoms with E-state index in [1.54, 1.807) is 24.3 Å². The summed E-state index contributed by atoms with van der Waals surface area (Å²) in [5, 5.41) is 9.23. The lowest BCUT2D eigenvalue weighted by Gasteiger charge is -2.14. The molecule has 1 atom stereocenters. The molecule has 1 aliphatic heterocycles. The van der Waals surface area contributed by atoms with Gasteiger partial charge >= 0.3 is 13.8 Å². The van der Waals surface area contributed by atoms with Crippen LogP contribution in [0.5, 0.6) is 0 Å². The lowest BCUT2D eigenvalue weighted by atomic mass is 10.2. The van der Waals surface area contributed by atoms with E-state index in [-0.39, 0.29) is 45.2 Å². The second-order valence-corrected chi connectivity index (χ2v) is 11.6. The third kappa shape index (κ3) is 11.1. The number of aliphatic hydroxyl groups excluding tert-OH is 1. The molecule has 0 bridgehead atoms. The maximum Gasteiger partial charge on any atom is 0.472 e. The third-order valence-corrected chi connectivity index (χ3v) is 7.46. The van der Waals surface area contributed by atoms with Crippen molar-refractivity contribution in [2.45, 2.75) is 39.0 Å². The van der Waals surface area contributed by atoms with Gasteiger partial charge in [0.15, 0.2) is 11.9 Å². The Morgan fingerprint density at radius 3 is 1.54 bits per heavy atom. The molecular formula is C34H37N2O9P. The highest BCUT2D eigenvalue weighted by molar-refractivity contribution is 7.47. The Morgan fingerprint density at radius 1 is 0.652 bits per heavy atom. The molecule has 0 saturated heterocycles. The first-order valence-corrected chi connectivity index (χ1v) is 15.9. The van der Waals surface area contributed by atoms with E-state index in [0.29, 0.717) is 17.1 Å². The number of nitrogen functional groups attached to an aromatic ring is 2. The summed E-state index contributed by atoms with van der Waals surface area (Å²) in [6.45, 7) is 0.346. The predicted octanol–water partition coefficient (Wildman–Crippen LogP) is 5.62. The number of cyclic esters (lactones) is 1. The quantitative estimate of drug-likeness (QED) is 0.0759. The smallest absolute Gasteiger partial charge is 0.472 e. The summed E-state index contributed by atoms with van der Waals surface area (Å²) in [7, 11) is -4.02. The van der Waals surface area contributed by atoms with Crippen molar-refractivity contribution in [1.82, 2.24) is 0 Å². The molecule has 1 heterocycles. The zero-order valence-electron chi connectivity index (χ0n) is 25.1. The van der Waals surface area contributed by atoms with Gasteiger partial charge in [0.25, 0.3) is 0 Å². The summed E-state index contributed by atoms with van der Waals surface area (Å²) < 4.78 is 38.3. The van der Waals surface area contributed by atoms with E-state index in [1.807, 2.05) is 84.9 Å². The summed E-state index contributed by atoms with van der Waals surface area (Å²) in [6.07, 6.45) is -0.435. The van der Waals surface area contributed by atoms with Crippen molar-refractivity contribution in [3.05, 3.63) is 143 Å². The summed E-state index contributed by atoms with van der Waals surface area (Å²) in [5.74, 6) is -0.279. The molecule has 12 heteroatoms. The standard InChI is InChI=1S/C20H22N2O5.C14H15O4P/c21-15-5-1-13(2-6-15)11-25-18-17(9-10-23)27-20(24)19(18)26-12-14-3-7-16(22)8-4-14;15-19(16,17-11-13-7-3-1-4-8-13)18-12-14-9-5-2-6-10-14/h1-8,17,23H,9-12,21-22H2;1-10H,11-12H2,(H,15,16). The zero-order valence-corrected chi connectivity index (χ0v) is 26.0. The van der Waals surface area contributed by atoms with Crippen LogP contribution < -0.4 is 11.5 Å². The average molecular weight is 649 g/mol. The summed E-state index contributed by atoms with van der Waals surface area (Å²) in [5.41, 5.74) is 16.0. The minimum absolute atomic E-state index is 0.0284. The van der Waals surface area contributed by atoms with Gasteiger partial charge < -0.3 is 35.7 Å². The van der Waals surface area contributed by atoms with Crippen LogP contribution in [0.2, 0.25) is 0 Å². The first-order valence-electron chi connectivity index (χ1n) is 14.4. The van der Waals surface area contributed by atoms with Crippen molar-refractivity contribution in [3.63, 3.8) is 0 Å². The largest absolute Gasteiger partial charge is 0.485 e. The van der Waals surface area contributed by atoms with Gasteiger partial charge in [-0.05, 0) is 46.5 Å². The molecule has 0 saturated carbocycles. The number of carbonyl (C=O) groups excluding carboxylic acids is 1. The van der Waals surface area contributed by atoms with Crippen LogP contribution in [0.1, 0.15) is 28.7 Å². The minimum Gasteiger partial charge on any atom is -0.485 e. The molecule has 4 aromatic carbocycles. The number of esters is 1. The molecule has 1 unspecified atom stereocenters. The number of anilines is 2. The Morgan fingerprint density at radius 2 is 1.09 bits per heavy atom. The summed E-state index contributed by atoms with van der Waals surface area (Å²) in [6, 6.07) is 32.7. The maximum atomic E-state index is 12.2. The van der Waals surface area contributed by atoms with Gasteiger partial charge in [-0.3, -0.25) is 9.05 Å². The lowest BCUT2D eigenvalue weighted by molar-refractivity contribution is -0.143. The number of hydrogen-bond acceptors (Lipinski definition) is 10. The Labute approximate surface area is 267 Å². The fourth-order valence-corrected chi connectivity index (χ4v) is 4.82. The Kier molecular flexibility index (Phi) is 12.8. The number of aliphatic hydroxyl groups is 1. The van der Waals surface area contributed by atoms with Crippen LogP contribution >= 0.6 is 7.82 Å². The number of hydrogen-bond donors (Lipinski definition) is 4. The van der Waals surface area contributed by atoms with E-state index in [4.69, 9.17) is 34.7 Å². The highest BCUT2D eigenvalue weighted by Gasteiger charge is 2.37. The highest BCUT2D eigenvalue weighted by atomic mass is 31.2. The molecule has 4 aromatic rings. The van der Waals surface area contributed by atoms with E-state index in [0.717, 1.165) is 22.3 Å². The van der Waals surface area contributed by atoms with Gasteiger partial charge in [0.05, 0.1) is 13.2 Å². The number of carbonyl (C=O) groups is 1. The molecule has 0 fully saturated rings. The van der Waals surface area contributed by atoms with Crippen LogP contribution in [0.3, 0.4) is 0 Å². The second-order valence-electron chi connectivity index (χ2n) is 10.1. The number of ether oxygens (including phenoxy) is 3. The molecule has 0 radical (unpaired) electrons. The SMILES string of the molecule is Nc1ccc(COC2=C(OCc3ccc(N)cc3)C(CCO)OC2=O)cc1.O=P(O)(OCc1ccccc1)OCc1ccccc1. The molecule has 0 aromatic heterocycles. The van der Waals surface area contributed by atoms with Crippen molar-refractivity contribution in [2.75, 3.05) is 18.1 Å². The maximum absolute atomic E-state index is 12.2. The highest BCUT2D eigenvalue weighted by Crippen LogP contribution is 2.44. The number of nitrogens with two attached hydrogens (primary N) is 2. The zero-order chi connectivity index (χ0) is 32.8. The van der Waals surface area contributed by atoms with Crippen LogP contribution in [-0.2, 0) is 59.0 Å². The summed E-state index contributed by atoms with van der Waals surface area (Å²) in [4.78, 5) is 21.7. The molecular weight excluding hydrogens is 611 g/mol. The van der Waals surface area contributed by atoms with Crippen LogP contribution in [0.25, 0.3) is 0 Å². The van der Waals surface area contributed by atoms with Crippen LogP contribution in [0.15, 0.2) is 121 Å². The molecule has 0 amide bonds. The van der Waals surface area contributed by atoms with Crippen LogP contribution in [-0.4, -0.2) is 28.7 Å². The van der Waals surface area contributed by atoms with Gasteiger partial charge in [-0.1, -0.05) is 84.9 Å². The second kappa shape index (κ2) is 17.2. The fraction of sp³-hybridized carbons (Fsp3) is 0.206. The minimum atomic E-state index is -4.02. The van der Waals surface area contributed by atoms with Gasteiger partial charge in [0, 0.05) is 24.4 Å². The van der Waals surface area contributed by atoms with Crippen molar-refractivity contribution in [2.24, 2.45) is 0 Å². The number of benzene rings is 4. The molecule has 11 nitrogen and oxygen atoms in total.